The minimum Gasteiger partial charge on any atom is -0.352 e. The zero-order valence-corrected chi connectivity index (χ0v) is 12.3. The number of nitrogens with one attached hydrogen (secondary N) is 1. The van der Waals surface area contributed by atoms with Gasteiger partial charge in [-0.3, -0.25) is 9.59 Å². The Balaban J connectivity index is 1.64. The summed E-state index contributed by atoms with van der Waals surface area (Å²) in [6, 6.07) is 4.04. The molecule has 2 amide bonds. The molecule has 0 aromatic carbocycles. The van der Waals surface area contributed by atoms with Crippen LogP contribution in [0.4, 0.5) is 0 Å². The summed E-state index contributed by atoms with van der Waals surface area (Å²) in [6.45, 7) is 0.569. The van der Waals surface area contributed by atoms with Crippen molar-refractivity contribution in [1.82, 2.24) is 10.2 Å². The van der Waals surface area contributed by atoms with E-state index in [1.807, 2.05) is 17.5 Å². The van der Waals surface area contributed by atoms with Crippen LogP contribution in [-0.2, 0) is 16.1 Å². The van der Waals surface area contributed by atoms with Crippen molar-refractivity contribution in [1.29, 1.82) is 0 Å². The molecular formula is C15H20N2O2S. The van der Waals surface area contributed by atoms with Crippen molar-refractivity contribution < 1.29 is 9.59 Å². The molecule has 108 valence electrons. The average Bonchev–Trinajstić information content (AvgIpc) is 3.14. The van der Waals surface area contributed by atoms with E-state index in [0.29, 0.717) is 25.4 Å². The van der Waals surface area contributed by atoms with Crippen LogP contribution < -0.4 is 5.32 Å². The van der Waals surface area contributed by atoms with Gasteiger partial charge in [-0.2, -0.15) is 0 Å². The maximum absolute atomic E-state index is 12.4. The molecule has 1 aromatic rings. The minimum atomic E-state index is -0.273. The Labute approximate surface area is 123 Å². The van der Waals surface area contributed by atoms with Gasteiger partial charge >= 0.3 is 0 Å². The predicted octanol–water partition coefficient (Wildman–Crippen LogP) is 2.30. The summed E-state index contributed by atoms with van der Waals surface area (Å²) in [6.07, 6.45) is 5.71. The number of likely N-dealkylation sites (tertiary alicyclic amines) is 1. The van der Waals surface area contributed by atoms with Crippen LogP contribution in [0.2, 0.25) is 0 Å². The number of rotatable bonds is 4. The van der Waals surface area contributed by atoms with Gasteiger partial charge in [-0.1, -0.05) is 18.9 Å². The van der Waals surface area contributed by atoms with Gasteiger partial charge in [0.05, 0.1) is 6.54 Å². The van der Waals surface area contributed by atoms with E-state index in [4.69, 9.17) is 0 Å². The van der Waals surface area contributed by atoms with E-state index in [9.17, 15) is 9.59 Å². The third kappa shape index (κ3) is 2.87. The second kappa shape index (κ2) is 5.95. The Morgan fingerprint density at radius 3 is 2.85 bits per heavy atom. The lowest BCUT2D eigenvalue weighted by atomic mass is 10.1. The second-order valence-corrected chi connectivity index (χ2v) is 6.68. The minimum absolute atomic E-state index is 0.0410. The van der Waals surface area contributed by atoms with Crippen molar-refractivity contribution in [2.45, 2.75) is 57.2 Å². The summed E-state index contributed by atoms with van der Waals surface area (Å²) in [5.41, 5.74) is 0. The van der Waals surface area contributed by atoms with Crippen molar-refractivity contribution >= 4 is 23.2 Å². The number of carbonyl (C=O) groups excluding carboxylic acids is 2. The van der Waals surface area contributed by atoms with Crippen LogP contribution in [0.1, 0.15) is 43.4 Å². The summed E-state index contributed by atoms with van der Waals surface area (Å²) in [4.78, 5) is 27.3. The normalized spacial score (nSPS) is 23.5. The Hall–Kier alpha value is -1.36. The lowest BCUT2D eigenvalue weighted by Crippen LogP contribution is -2.47. The van der Waals surface area contributed by atoms with Gasteiger partial charge < -0.3 is 10.2 Å². The van der Waals surface area contributed by atoms with Crippen LogP contribution >= 0.6 is 11.3 Å². The lowest BCUT2D eigenvalue weighted by Gasteiger charge is -2.25. The largest absolute Gasteiger partial charge is 0.352 e. The fraction of sp³-hybridized carbons (Fsp3) is 0.600. The third-order valence-electron chi connectivity index (χ3n) is 4.24. The first-order valence-electron chi connectivity index (χ1n) is 7.36. The molecule has 0 radical (unpaired) electrons. The zero-order chi connectivity index (χ0) is 13.9. The molecule has 1 atom stereocenters. The zero-order valence-electron chi connectivity index (χ0n) is 11.5. The number of hydrogen-bond acceptors (Lipinski definition) is 3. The molecular weight excluding hydrogens is 272 g/mol. The molecule has 1 saturated carbocycles. The van der Waals surface area contributed by atoms with Gasteiger partial charge in [-0.25, -0.2) is 0 Å². The lowest BCUT2D eigenvalue weighted by molar-refractivity contribution is -0.136. The molecule has 1 aromatic heterocycles. The highest BCUT2D eigenvalue weighted by molar-refractivity contribution is 7.09. The van der Waals surface area contributed by atoms with Crippen molar-refractivity contribution in [3.63, 3.8) is 0 Å². The standard InChI is InChI=1S/C15H20N2O2S/c18-14-8-7-13(15(19)16-11-4-1-2-5-11)17(14)10-12-6-3-9-20-12/h3,6,9,11,13H,1-2,4-5,7-8,10H2,(H,16,19)/t13-/m1/s1. The molecule has 0 unspecified atom stereocenters. The maximum Gasteiger partial charge on any atom is 0.243 e. The molecule has 3 rings (SSSR count). The van der Waals surface area contributed by atoms with Gasteiger partial charge in [0.1, 0.15) is 6.04 Å². The van der Waals surface area contributed by atoms with Crippen molar-refractivity contribution in [3.8, 4) is 0 Å². The first kappa shape index (κ1) is 13.6. The van der Waals surface area contributed by atoms with Crippen molar-refractivity contribution in [2.75, 3.05) is 0 Å². The van der Waals surface area contributed by atoms with Crippen LogP contribution in [0.25, 0.3) is 0 Å². The van der Waals surface area contributed by atoms with E-state index < -0.39 is 0 Å². The molecule has 20 heavy (non-hydrogen) atoms. The highest BCUT2D eigenvalue weighted by Gasteiger charge is 2.36. The van der Waals surface area contributed by atoms with Gasteiger partial charge in [-0.05, 0) is 30.7 Å². The van der Waals surface area contributed by atoms with E-state index in [1.165, 1.54) is 12.8 Å². The van der Waals surface area contributed by atoms with Gasteiger partial charge in [0, 0.05) is 17.3 Å². The molecule has 1 saturated heterocycles. The fourth-order valence-corrected chi connectivity index (χ4v) is 3.85. The second-order valence-electron chi connectivity index (χ2n) is 5.65. The van der Waals surface area contributed by atoms with Gasteiger partial charge in [0.2, 0.25) is 11.8 Å². The SMILES string of the molecule is O=C(NC1CCCC1)[C@H]1CCC(=O)N1Cc1cccs1. The molecule has 0 bridgehead atoms. The van der Waals surface area contributed by atoms with Crippen LogP contribution in [0.3, 0.4) is 0 Å². The molecule has 4 nitrogen and oxygen atoms in total. The Morgan fingerprint density at radius 2 is 2.15 bits per heavy atom. The van der Waals surface area contributed by atoms with Crippen LogP contribution in [-0.4, -0.2) is 28.8 Å². The van der Waals surface area contributed by atoms with E-state index in [1.54, 1.807) is 16.2 Å². The van der Waals surface area contributed by atoms with Crippen LogP contribution in [0.5, 0.6) is 0 Å². The van der Waals surface area contributed by atoms with Crippen LogP contribution in [0.15, 0.2) is 17.5 Å². The summed E-state index contributed by atoms with van der Waals surface area (Å²) in [7, 11) is 0. The number of nitrogens with zero attached hydrogens (tertiary/aromatic N) is 1. The van der Waals surface area contributed by atoms with Gasteiger partial charge in [0.15, 0.2) is 0 Å². The number of carbonyl (C=O) groups is 2. The smallest absolute Gasteiger partial charge is 0.243 e. The molecule has 1 aliphatic heterocycles. The molecule has 0 spiro atoms. The highest BCUT2D eigenvalue weighted by atomic mass is 32.1. The Kier molecular flexibility index (Phi) is 4.05. The number of thiophene rings is 1. The predicted molar refractivity (Wildman–Crippen MR) is 78.3 cm³/mol. The topological polar surface area (TPSA) is 49.4 Å². The highest BCUT2D eigenvalue weighted by Crippen LogP contribution is 2.24. The molecule has 2 heterocycles. The summed E-state index contributed by atoms with van der Waals surface area (Å²) >= 11 is 1.63. The molecule has 2 aliphatic rings. The number of hydrogen-bond donors (Lipinski definition) is 1. The summed E-state index contributed by atoms with van der Waals surface area (Å²) in [5, 5.41) is 5.12. The summed E-state index contributed by atoms with van der Waals surface area (Å²) < 4.78 is 0. The first-order chi connectivity index (χ1) is 9.74. The van der Waals surface area contributed by atoms with E-state index in [-0.39, 0.29) is 17.9 Å². The van der Waals surface area contributed by atoms with Gasteiger partial charge in [0.25, 0.3) is 0 Å². The summed E-state index contributed by atoms with van der Waals surface area (Å²) in [5.74, 6) is 0.143. The van der Waals surface area contributed by atoms with Gasteiger partial charge in [-0.15, -0.1) is 11.3 Å². The monoisotopic (exact) mass is 292 g/mol. The number of amides is 2. The van der Waals surface area contributed by atoms with E-state index in [0.717, 1.165) is 17.7 Å². The van der Waals surface area contributed by atoms with Crippen molar-refractivity contribution in [2.24, 2.45) is 0 Å². The Morgan fingerprint density at radius 1 is 1.35 bits per heavy atom. The average molecular weight is 292 g/mol. The van der Waals surface area contributed by atoms with Crippen LogP contribution in [0, 0.1) is 0 Å². The van der Waals surface area contributed by atoms with E-state index in [2.05, 4.69) is 5.32 Å². The fourth-order valence-electron chi connectivity index (χ4n) is 3.14. The quantitative estimate of drug-likeness (QED) is 0.925. The molecule has 1 aliphatic carbocycles. The molecule has 5 heteroatoms. The van der Waals surface area contributed by atoms with Crippen molar-refractivity contribution in [3.05, 3.63) is 22.4 Å². The third-order valence-corrected chi connectivity index (χ3v) is 5.10. The first-order valence-corrected chi connectivity index (χ1v) is 8.24. The Bertz CT molecular complexity index is 480. The maximum atomic E-state index is 12.4. The molecule has 2 fully saturated rings. The molecule has 1 N–H and O–H groups in total. The van der Waals surface area contributed by atoms with E-state index >= 15 is 0 Å².